The van der Waals surface area contributed by atoms with Gasteiger partial charge in [0.1, 0.15) is 18.2 Å². The molecule has 8 nitrogen and oxygen atoms in total. The Morgan fingerprint density at radius 2 is 1.96 bits per heavy atom. The van der Waals surface area contributed by atoms with Crippen LogP contribution in [0.25, 0.3) is 0 Å². The molecule has 1 unspecified atom stereocenters. The maximum atomic E-state index is 13.8. The highest BCUT2D eigenvalue weighted by Gasteiger charge is 2.49. The van der Waals surface area contributed by atoms with Gasteiger partial charge in [-0.3, -0.25) is 4.79 Å². The maximum absolute atomic E-state index is 13.8. The molecular formula is C18H16BrFN4O4. The molecule has 1 aliphatic heterocycles. The van der Waals surface area contributed by atoms with Crippen molar-refractivity contribution in [2.24, 2.45) is 0 Å². The van der Waals surface area contributed by atoms with E-state index >= 15 is 0 Å². The fraction of sp³-hybridized carbons (Fsp3) is 0.167. The minimum Gasteiger partial charge on any atom is -0.491 e. The molecule has 1 saturated heterocycles. The van der Waals surface area contributed by atoms with Gasteiger partial charge in [-0.2, -0.15) is 5.01 Å². The standard InChI is InChI=1S/C18H16BrFN4O4/c1-18(10-28-12-5-3-2-4-6-12)15(25)24(17(27)22-18)23-16(26)21-14-8-7-11(19)9-13(14)20/h2-9H,10H2,1H3,(H,22,27)(H2,21,23,26). The largest absolute Gasteiger partial charge is 0.491 e. The van der Waals surface area contributed by atoms with Crippen LogP contribution in [0.5, 0.6) is 5.75 Å². The number of urea groups is 2. The Morgan fingerprint density at radius 1 is 1.25 bits per heavy atom. The first-order chi connectivity index (χ1) is 13.3. The van der Waals surface area contributed by atoms with Crippen LogP contribution in [-0.2, 0) is 4.79 Å². The summed E-state index contributed by atoms with van der Waals surface area (Å²) in [6, 6.07) is 11.0. The summed E-state index contributed by atoms with van der Waals surface area (Å²) in [6.07, 6.45) is 0. The fourth-order valence-electron chi connectivity index (χ4n) is 2.47. The third-order valence-corrected chi connectivity index (χ3v) is 4.42. The minimum atomic E-state index is -1.37. The van der Waals surface area contributed by atoms with Gasteiger partial charge in [-0.15, -0.1) is 0 Å². The first-order valence-electron chi connectivity index (χ1n) is 8.16. The van der Waals surface area contributed by atoms with Crippen molar-refractivity contribution in [2.75, 3.05) is 11.9 Å². The predicted molar refractivity (Wildman–Crippen MR) is 102 cm³/mol. The van der Waals surface area contributed by atoms with Crippen molar-refractivity contribution in [1.29, 1.82) is 0 Å². The van der Waals surface area contributed by atoms with Crippen LogP contribution in [0.1, 0.15) is 6.92 Å². The first-order valence-corrected chi connectivity index (χ1v) is 8.95. The highest BCUT2D eigenvalue weighted by Crippen LogP contribution is 2.21. The number of nitrogens with one attached hydrogen (secondary N) is 3. The molecule has 2 aromatic carbocycles. The van der Waals surface area contributed by atoms with E-state index in [4.69, 9.17) is 4.74 Å². The van der Waals surface area contributed by atoms with Gasteiger partial charge >= 0.3 is 12.1 Å². The Kier molecular flexibility index (Phi) is 5.50. The lowest BCUT2D eigenvalue weighted by Gasteiger charge is -2.22. The van der Waals surface area contributed by atoms with E-state index in [1.165, 1.54) is 25.1 Å². The summed E-state index contributed by atoms with van der Waals surface area (Å²) in [7, 11) is 0. The van der Waals surface area contributed by atoms with Crippen molar-refractivity contribution >= 4 is 39.6 Å². The Balaban J connectivity index is 1.63. The van der Waals surface area contributed by atoms with Crippen molar-refractivity contribution in [1.82, 2.24) is 15.8 Å². The molecule has 0 saturated carbocycles. The number of carbonyl (C=O) groups is 3. The molecule has 0 radical (unpaired) electrons. The summed E-state index contributed by atoms with van der Waals surface area (Å²) in [5.74, 6) is -0.858. The molecule has 5 amide bonds. The number of amides is 5. The van der Waals surface area contributed by atoms with E-state index in [1.54, 1.807) is 24.3 Å². The molecule has 1 atom stereocenters. The van der Waals surface area contributed by atoms with Gasteiger partial charge < -0.3 is 15.4 Å². The quantitative estimate of drug-likeness (QED) is 0.609. The SMILES string of the molecule is CC1(COc2ccccc2)NC(=O)N(NC(=O)Nc2ccc(Br)cc2F)C1=O. The number of imide groups is 1. The number of carbonyl (C=O) groups excluding carboxylic acids is 3. The summed E-state index contributed by atoms with van der Waals surface area (Å²) in [5, 5.41) is 5.25. The van der Waals surface area contributed by atoms with Crippen LogP contribution in [-0.4, -0.2) is 35.1 Å². The number of rotatable bonds is 5. The van der Waals surface area contributed by atoms with Crippen molar-refractivity contribution in [3.63, 3.8) is 0 Å². The minimum absolute atomic E-state index is 0.108. The number of nitrogens with zero attached hydrogens (tertiary/aromatic N) is 1. The molecule has 28 heavy (non-hydrogen) atoms. The third kappa shape index (κ3) is 4.22. The van der Waals surface area contributed by atoms with Crippen molar-refractivity contribution in [2.45, 2.75) is 12.5 Å². The monoisotopic (exact) mass is 450 g/mol. The summed E-state index contributed by atoms with van der Waals surface area (Å²) >= 11 is 3.11. The van der Waals surface area contributed by atoms with Crippen LogP contribution < -0.4 is 20.8 Å². The Morgan fingerprint density at radius 3 is 2.64 bits per heavy atom. The number of hydrogen-bond acceptors (Lipinski definition) is 4. The van der Waals surface area contributed by atoms with Gasteiger partial charge in [0.25, 0.3) is 5.91 Å². The molecule has 10 heteroatoms. The molecule has 3 rings (SSSR count). The van der Waals surface area contributed by atoms with Crippen molar-refractivity contribution < 1.29 is 23.5 Å². The van der Waals surface area contributed by atoms with E-state index < -0.39 is 29.3 Å². The predicted octanol–water partition coefficient (Wildman–Crippen LogP) is 3.01. The van der Waals surface area contributed by atoms with Crippen molar-refractivity contribution in [3.05, 3.63) is 58.8 Å². The number of anilines is 1. The van der Waals surface area contributed by atoms with Crippen LogP contribution >= 0.6 is 15.9 Å². The molecule has 1 aliphatic rings. The van der Waals surface area contributed by atoms with Gasteiger partial charge in [0.15, 0.2) is 5.54 Å². The second kappa shape index (κ2) is 7.85. The van der Waals surface area contributed by atoms with Gasteiger partial charge in [0.05, 0.1) is 5.69 Å². The van der Waals surface area contributed by atoms with Gasteiger partial charge in [0, 0.05) is 4.47 Å². The van der Waals surface area contributed by atoms with E-state index in [0.717, 1.165) is 0 Å². The molecule has 3 N–H and O–H groups in total. The summed E-state index contributed by atoms with van der Waals surface area (Å²) in [6.45, 7) is 1.34. The van der Waals surface area contributed by atoms with E-state index in [1.807, 2.05) is 6.07 Å². The van der Waals surface area contributed by atoms with E-state index in [-0.39, 0.29) is 12.3 Å². The van der Waals surface area contributed by atoms with Gasteiger partial charge in [-0.25, -0.2) is 19.4 Å². The normalized spacial score (nSPS) is 18.6. The fourth-order valence-corrected chi connectivity index (χ4v) is 2.80. The Labute approximate surface area is 168 Å². The average Bonchev–Trinajstić information content (AvgIpc) is 2.87. The Hall–Kier alpha value is -3.14. The van der Waals surface area contributed by atoms with E-state index in [0.29, 0.717) is 15.2 Å². The maximum Gasteiger partial charge on any atom is 0.344 e. The first kappa shape index (κ1) is 19.6. The zero-order valence-electron chi connectivity index (χ0n) is 14.7. The highest BCUT2D eigenvalue weighted by molar-refractivity contribution is 9.10. The zero-order valence-corrected chi connectivity index (χ0v) is 16.2. The topological polar surface area (TPSA) is 99.8 Å². The summed E-state index contributed by atoms with van der Waals surface area (Å²) < 4.78 is 19.9. The zero-order chi connectivity index (χ0) is 20.3. The van der Waals surface area contributed by atoms with Crippen LogP contribution in [0.2, 0.25) is 0 Å². The number of benzene rings is 2. The number of hydrogen-bond donors (Lipinski definition) is 3. The second-order valence-electron chi connectivity index (χ2n) is 6.19. The van der Waals surface area contributed by atoms with E-state index in [9.17, 15) is 18.8 Å². The van der Waals surface area contributed by atoms with Gasteiger partial charge in [-0.1, -0.05) is 34.1 Å². The number of ether oxygens (including phenoxy) is 1. The van der Waals surface area contributed by atoms with Crippen LogP contribution in [0.4, 0.5) is 19.7 Å². The summed E-state index contributed by atoms with van der Waals surface area (Å²) in [4.78, 5) is 36.8. The second-order valence-corrected chi connectivity index (χ2v) is 7.11. The molecule has 0 bridgehead atoms. The summed E-state index contributed by atoms with van der Waals surface area (Å²) in [5.41, 5.74) is 0.630. The molecule has 0 spiro atoms. The number of halogens is 2. The van der Waals surface area contributed by atoms with Crippen molar-refractivity contribution in [3.8, 4) is 5.75 Å². The lowest BCUT2D eigenvalue weighted by molar-refractivity contribution is -0.133. The molecule has 1 fully saturated rings. The highest BCUT2D eigenvalue weighted by atomic mass is 79.9. The third-order valence-electron chi connectivity index (χ3n) is 3.92. The lowest BCUT2D eigenvalue weighted by atomic mass is 10.1. The lowest BCUT2D eigenvalue weighted by Crippen LogP contribution is -2.52. The van der Waals surface area contributed by atoms with E-state index in [2.05, 4.69) is 32.0 Å². The van der Waals surface area contributed by atoms with Crippen LogP contribution in [0, 0.1) is 5.82 Å². The number of hydrazine groups is 1. The van der Waals surface area contributed by atoms with Gasteiger partial charge in [-0.05, 0) is 37.3 Å². The van der Waals surface area contributed by atoms with Crippen LogP contribution in [0.3, 0.4) is 0 Å². The average molecular weight is 451 g/mol. The molecule has 0 aliphatic carbocycles. The number of para-hydroxylation sites is 1. The molecular weight excluding hydrogens is 435 g/mol. The van der Waals surface area contributed by atoms with Crippen LogP contribution in [0.15, 0.2) is 53.0 Å². The molecule has 146 valence electrons. The molecule has 2 aromatic rings. The molecule has 1 heterocycles. The Bertz CT molecular complexity index is 927. The molecule has 0 aromatic heterocycles. The smallest absolute Gasteiger partial charge is 0.344 e. The van der Waals surface area contributed by atoms with Gasteiger partial charge in [0.2, 0.25) is 0 Å².